The molecule has 1 aliphatic carbocycles. The van der Waals surface area contributed by atoms with Crippen LogP contribution in [0.4, 0.5) is 0 Å². The van der Waals surface area contributed by atoms with Crippen LogP contribution in [-0.2, 0) is 44.7 Å². The van der Waals surface area contributed by atoms with Gasteiger partial charge in [0.1, 0.15) is 35.4 Å². The van der Waals surface area contributed by atoms with Crippen LogP contribution < -0.4 is 5.32 Å². The van der Waals surface area contributed by atoms with Gasteiger partial charge >= 0.3 is 11.9 Å². The van der Waals surface area contributed by atoms with Crippen LogP contribution in [0.15, 0.2) is 24.3 Å². The zero-order valence-corrected chi connectivity index (χ0v) is 31.2. The van der Waals surface area contributed by atoms with Gasteiger partial charge in [0.15, 0.2) is 11.8 Å². The minimum atomic E-state index is -1.37. The Hall–Kier alpha value is -1.84. The van der Waals surface area contributed by atoms with Crippen LogP contribution in [0.25, 0.3) is 0 Å². The monoisotopic (exact) mass is 784 g/mol. The number of aliphatic hydroxyl groups excluding tert-OH is 1. The number of nitrogens with zero attached hydrogens (tertiary/aromatic N) is 1. The number of carbonyl (C=O) groups excluding carboxylic acids is 3. The van der Waals surface area contributed by atoms with Crippen molar-refractivity contribution >= 4 is 40.4 Å². The molecule has 0 spiro atoms. The van der Waals surface area contributed by atoms with Crippen molar-refractivity contribution in [1.29, 1.82) is 0 Å². The zero-order chi connectivity index (χ0) is 34.7. The van der Waals surface area contributed by atoms with Gasteiger partial charge in [-0.15, -0.1) is 0 Å². The predicted octanol–water partition coefficient (Wildman–Crippen LogP) is 5.33. The van der Waals surface area contributed by atoms with E-state index in [2.05, 4.69) is 41.8 Å². The summed E-state index contributed by atoms with van der Waals surface area (Å²) in [4.78, 5) is 47.8. The molecule has 0 radical (unpaired) electrons. The average Bonchev–Trinajstić information content (AvgIpc) is 3.57. The van der Waals surface area contributed by atoms with E-state index in [1.165, 1.54) is 0 Å². The van der Waals surface area contributed by atoms with Gasteiger partial charge in [-0.1, -0.05) is 51.7 Å². The Bertz CT molecular complexity index is 1290. The van der Waals surface area contributed by atoms with E-state index in [1.807, 2.05) is 24.3 Å². The van der Waals surface area contributed by atoms with E-state index in [-0.39, 0.29) is 32.4 Å². The Labute approximate surface area is 298 Å². The lowest BCUT2D eigenvalue weighted by atomic mass is 9.62. The molecule has 2 N–H and O–H groups in total. The SMILES string of the molecule is CCCCCC1(CCCCC)O[C@@H]2[C@H](O1)[C@H]1ON(Cc3cccc(I)c3)[C@H]3C(=O)O[C@@H]2C[C@@]13C(=O)N[C@H](CO)CCC(=O)OC(C)(C)C. The van der Waals surface area contributed by atoms with Gasteiger partial charge in [0.25, 0.3) is 0 Å². The number of nitrogens with one attached hydrogen (secondary N) is 1. The van der Waals surface area contributed by atoms with Gasteiger partial charge in [-0.2, -0.15) is 5.06 Å². The van der Waals surface area contributed by atoms with E-state index in [1.54, 1.807) is 25.8 Å². The van der Waals surface area contributed by atoms with Crippen molar-refractivity contribution < 1.29 is 43.3 Å². The highest BCUT2D eigenvalue weighted by molar-refractivity contribution is 14.1. The molecule has 3 heterocycles. The highest BCUT2D eigenvalue weighted by Gasteiger charge is 2.76. The number of ether oxygens (including phenoxy) is 4. The first kappa shape index (κ1) is 37.4. The molecule has 1 aromatic carbocycles. The largest absolute Gasteiger partial charge is 0.460 e. The summed E-state index contributed by atoms with van der Waals surface area (Å²) in [5.41, 5.74) is -1.09. The lowest BCUT2D eigenvalue weighted by molar-refractivity contribution is -0.224. The predicted molar refractivity (Wildman–Crippen MR) is 185 cm³/mol. The molecule has 268 valence electrons. The Morgan fingerprint density at radius 2 is 1.79 bits per heavy atom. The van der Waals surface area contributed by atoms with Crippen LogP contribution in [0.5, 0.6) is 0 Å². The van der Waals surface area contributed by atoms with Gasteiger partial charge < -0.3 is 29.4 Å². The fraction of sp³-hybridized carbons (Fsp3) is 0.750. The number of hydrogen-bond donors (Lipinski definition) is 2. The first-order chi connectivity index (χ1) is 22.8. The summed E-state index contributed by atoms with van der Waals surface area (Å²) in [6.07, 6.45) is 5.09. The molecule has 4 aliphatic rings. The number of halogens is 1. The second kappa shape index (κ2) is 15.6. The quantitative estimate of drug-likeness (QED) is 0.129. The maximum Gasteiger partial charge on any atom is 0.327 e. The number of amides is 1. The van der Waals surface area contributed by atoms with Gasteiger partial charge in [0.05, 0.1) is 19.2 Å². The highest BCUT2D eigenvalue weighted by Crippen LogP contribution is 2.58. The van der Waals surface area contributed by atoms with E-state index in [9.17, 15) is 19.5 Å². The molecular formula is C36H53IN2O9. The van der Waals surface area contributed by atoms with Crippen molar-refractivity contribution in [3.05, 3.63) is 33.4 Å². The fourth-order valence-corrected chi connectivity index (χ4v) is 8.33. The topological polar surface area (TPSA) is 133 Å². The summed E-state index contributed by atoms with van der Waals surface area (Å²) >= 11 is 2.24. The van der Waals surface area contributed by atoms with Crippen LogP contribution in [0, 0.1) is 8.99 Å². The molecule has 1 amide bonds. The number of unbranched alkanes of at least 4 members (excludes halogenated alkanes) is 4. The summed E-state index contributed by atoms with van der Waals surface area (Å²) in [5, 5.41) is 14.9. The molecular weight excluding hydrogens is 731 g/mol. The fourth-order valence-electron chi connectivity index (χ4n) is 7.73. The molecule has 2 bridgehead atoms. The molecule has 12 heteroatoms. The lowest BCUT2D eigenvalue weighted by Gasteiger charge is -2.49. The molecule has 4 fully saturated rings. The summed E-state index contributed by atoms with van der Waals surface area (Å²) < 4.78 is 26.3. The van der Waals surface area contributed by atoms with Gasteiger partial charge in [-0.05, 0) is 80.3 Å². The Balaban J connectivity index is 1.46. The molecule has 7 atom stereocenters. The number of benzene rings is 1. The summed E-state index contributed by atoms with van der Waals surface area (Å²) in [7, 11) is 0. The molecule has 3 saturated heterocycles. The molecule has 1 saturated carbocycles. The summed E-state index contributed by atoms with van der Waals surface area (Å²) in [6.45, 7) is 9.56. The van der Waals surface area contributed by atoms with E-state index in [0.717, 1.165) is 47.7 Å². The maximum atomic E-state index is 14.7. The van der Waals surface area contributed by atoms with E-state index >= 15 is 0 Å². The molecule has 5 rings (SSSR count). The van der Waals surface area contributed by atoms with Crippen molar-refractivity contribution in [2.45, 2.75) is 160 Å². The van der Waals surface area contributed by atoms with Gasteiger partial charge in [-0.25, -0.2) is 0 Å². The van der Waals surface area contributed by atoms with Crippen molar-refractivity contribution in [2.24, 2.45) is 5.41 Å². The van der Waals surface area contributed by atoms with Crippen molar-refractivity contribution in [3.63, 3.8) is 0 Å². The first-order valence-electron chi connectivity index (χ1n) is 17.7. The molecule has 11 nitrogen and oxygen atoms in total. The third-order valence-corrected chi connectivity index (χ3v) is 10.6. The lowest BCUT2D eigenvalue weighted by Crippen LogP contribution is -2.70. The van der Waals surface area contributed by atoms with Crippen LogP contribution in [0.1, 0.15) is 111 Å². The number of esters is 2. The molecule has 0 unspecified atom stereocenters. The Morgan fingerprint density at radius 3 is 2.42 bits per heavy atom. The van der Waals surface area contributed by atoms with Crippen molar-refractivity contribution in [3.8, 4) is 0 Å². The van der Waals surface area contributed by atoms with Gasteiger partial charge in [0, 0.05) is 29.3 Å². The Kier molecular flexibility index (Phi) is 12.2. The number of hydroxylamine groups is 2. The summed E-state index contributed by atoms with van der Waals surface area (Å²) in [5.74, 6) is -2.24. The van der Waals surface area contributed by atoms with Crippen LogP contribution in [-0.4, -0.2) is 82.5 Å². The maximum absolute atomic E-state index is 14.7. The highest BCUT2D eigenvalue weighted by atomic mass is 127. The number of hydrogen-bond acceptors (Lipinski definition) is 10. The minimum Gasteiger partial charge on any atom is -0.460 e. The smallest absolute Gasteiger partial charge is 0.327 e. The first-order valence-corrected chi connectivity index (χ1v) is 18.8. The van der Waals surface area contributed by atoms with Crippen molar-refractivity contribution in [2.75, 3.05) is 6.61 Å². The van der Waals surface area contributed by atoms with Gasteiger partial charge in [0.2, 0.25) is 5.91 Å². The van der Waals surface area contributed by atoms with Crippen LogP contribution in [0.3, 0.4) is 0 Å². The standard InChI is InChI=1S/C36H53IN2O9/c1-6-8-10-17-35(18-11-9-7-2)46-28-26-20-36(33(43)38-25(22-40)15-16-27(41)45-34(3,4)5)30(32(42)44-26)39(48-31(36)29(28)47-35)21-23-13-12-14-24(37)19-23/h12-14,19,25-26,28-31,40H,6-11,15-18,20-22H2,1-5H3,(H,38,43)/t25-,26+,28-,29-,30-,31+,36-/m0/s1. The van der Waals surface area contributed by atoms with Crippen LogP contribution >= 0.6 is 22.6 Å². The third-order valence-electron chi connectivity index (χ3n) is 9.90. The van der Waals surface area contributed by atoms with Crippen LogP contribution in [0.2, 0.25) is 0 Å². The minimum absolute atomic E-state index is 0.0161. The summed E-state index contributed by atoms with van der Waals surface area (Å²) in [6, 6.07) is 6.12. The second-order valence-electron chi connectivity index (χ2n) is 14.8. The third kappa shape index (κ3) is 8.04. The molecule has 0 aromatic heterocycles. The van der Waals surface area contributed by atoms with Gasteiger partial charge in [-0.3, -0.25) is 19.2 Å². The normalized spacial score (nSPS) is 29.6. The number of aliphatic hydroxyl groups is 1. The molecule has 1 aromatic rings. The Morgan fingerprint density at radius 1 is 1.10 bits per heavy atom. The van der Waals surface area contributed by atoms with E-state index < -0.39 is 71.1 Å². The van der Waals surface area contributed by atoms with E-state index in [0.29, 0.717) is 12.8 Å². The van der Waals surface area contributed by atoms with E-state index in [4.69, 9.17) is 23.8 Å². The zero-order valence-electron chi connectivity index (χ0n) is 29.0. The molecule has 48 heavy (non-hydrogen) atoms. The number of fused-ring (bicyclic) bond motifs is 4. The molecule has 3 aliphatic heterocycles. The van der Waals surface area contributed by atoms with Crippen molar-refractivity contribution in [1.82, 2.24) is 10.4 Å². The number of rotatable bonds is 16. The number of carbonyl (C=O) groups is 3. The average molecular weight is 785 g/mol. The second-order valence-corrected chi connectivity index (χ2v) is 16.1.